The Labute approximate surface area is 98.2 Å². The summed E-state index contributed by atoms with van der Waals surface area (Å²) >= 11 is 2.10. The van der Waals surface area contributed by atoms with Gasteiger partial charge in [-0.15, -0.1) is 0 Å². The van der Waals surface area contributed by atoms with Gasteiger partial charge in [-0.25, -0.2) is 0 Å². The van der Waals surface area contributed by atoms with E-state index in [1.54, 1.807) is 0 Å². The molecule has 88 valence electrons. The molecule has 0 aliphatic carbocycles. The first-order chi connectivity index (χ1) is 7.25. The molecule has 2 nitrogen and oxygen atoms in total. The molecule has 0 aromatic carbocycles. The summed E-state index contributed by atoms with van der Waals surface area (Å²) in [5.41, 5.74) is 0. The van der Waals surface area contributed by atoms with Gasteiger partial charge in [0.05, 0.1) is 0 Å². The Morgan fingerprint density at radius 1 is 1.13 bits per heavy atom. The lowest BCUT2D eigenvalue weighted by Gasteiger charge is -2.36. The summed E-state index contributed by atoms with van der Waals surface area (Å²) in [4.78, 5) is 2.60. The van der Waals surface area contributed by atoms with Crippen LogP contribution < -0.4 is 5.32 Å². The maximum Gasteiger partial charge on any atom is 0.0168 e. The Bertz CT molecular complexity index is 182. The lowest BCUT2D eigenvalue weighted by atomic mass is 10.0. The number of nitrogens with zero attached hydrogens (tertiary/aromatic N) is 1. The predicted molar refractivity (Wildman–Crippen MR) is 68.6 cm³/mol. The van der Waals surface area contributed by atoms with Crippen LogP contribution in [-0.2, 0) is 0 Å². The molecule has 3 heteroatoms. The number of hydrogen-bond donors (Lipinski definition) is 1. The highest BCUT2D eigenvalue weighted by molar-refractivity contribution is 7.99. The van der Waals surface area contributed by atoms with Gasteiger partial charge in [0.2, 0.25) is 0 Å². The largest absolute Gasteiger partial charge is 0.310 e. The molecule has 0 aromatic heterocycles. The van der Waals surface area contributed by atoms with Crippen molar-refractivity contribution in [2.45, 2.75) is 51.2 Å². The van der Waals surface area contributed by atoms with E-state index < -0.39 is 0 Å². The maximum absolute atomic E-state index is 3.83. The zero-order valence-electron chi connectivity index (χ0n) is 10.0. The van der Waals surface area contributed by atoms with Gasteiger partial charge < -0.3 is 10.2 Å². The summed E-state index contributed by atoms with van der Waals surface area (Å²) < 4.78 is 0. The van der Waals surface area contributed by atoms with Crippen molar-refractivity contribution in [2.75, 3.05) is 24.6 Å². The van der Waals surface area contributed by atoms with Gasteiger partial charge in [0, 0.05) is 23.9 Å². The number of rotatable bonds is 3. The lowest BCUT2D eigenvalue weighted by molar-refractivity contribution is 0.157. The first kappa shape index (κ1) is 11.7. The van der Waals surface area contributed by atoms with E-state index in [4.69, 9.17) is 0 Å². The van der Waals surface area contributed by atoms with Crippen LogP contribution in [0.15, 0.2) is 0 Å². The summed E-state index contributed by atoms with van der Waals surface area (Å²) in [5.74, 6) is 2.70. The van der Waals surface area contributed by atoms with Crippen LogP contribution in [0.4, 0.5) is 0 Å². The third-order valence-electron chi connectivity index (χ3n) is 3.66. The highest BCUT2D eigenvalue weighted by atomic mass is 32.2. The van der Waals surface area contributed by atoms with Crippen LogP contribution in [0, 0.1) is 0 Å². The SMILES string of the molecule is CC(C)N1CCC(NC2CCSC2)CC1. The van der Waals surface area contributed by atoms with Crippen molar-refractivity contribution in [2.24, 2.45) is 0 Å². The Hall–Kier alpha value is 0.270. The molecule has 1 atom stereocenters. The summed E-state index contributed by atoms with van der Waals surface area (Å²) in [6.07, 6.45) is 4.08. The minimum absolute atomic E-state index is 0.730. The van der Waals surface area contributed by atoms with Crippen molar-refractivity contribution in [1.82, 2.24) is 10.2 Å². The predicted octanol–water partition coefficient (Wildman–Crippen LogP) is 1.95. The van der Waals surface area contributed by atoms with Crippen LogP contribution in [0.3, 0.4) is 0 Å². The van der Waals surface area contributed by atoms with Gasteiger partial charge >= 0.3 is 0 Å². The molecule has 2 heterocycles. The van der Waals surface area contributed by atoms with Crippen LogP contribution in [0.25, 0.3) is 0 Å². The third kappa shape index (κ3) is 3.36. The van der Waals surface area contributed by atoms with Crippen LogP contribution in [0.1, 0.15) is 33.1 Å². The quantitative estimate of drug-likeness (QED) is 0.795. The minimum atomic E-state index is 0.730. The zero-order valence-corrected chi connectivity index (χ0v) is 10.9. The molecular weight excluding hydrogens is 204 g/mol. The highest BCUT2D eigenvalue weighted by Gasteiger charge is 2.24. The number of hydrogen-bond acceptors (Lipinski definition) is 3. The van der Waals surface area contributed by atoms with Crippen molar-refractivity contribution in [3.63, 3.8) is 0 Å². The smallest absolute Gasteiger partial charge is 0.0168 e. The Kier molecular flexibility index (Phi) is 4.35. The molecule has 0 amide bonds. The van der Waals surface area contributed by atoms with Crippen molar-refractivity contribution in [3.05, 3.63) is 0 Å². The van der Waals surface area contributed by atoms with E-state index in [1.807, 2.05) is 0 Å². The second kappa shape index (κ2) is 5.55. The summed E-state index contributed by atoms with van der Waals surface area (Å²) in [7, 11) is 0. The Morgan fingerprint density at radius 3 is 2.40 bits per heavy atom. The molecule has 0 saturated carbocycles. The molecule has 2 aliphatic heterocycles. The van der Waals surface area contributed by atoms with Crippen molar-refractivity contribution in [1.29, 1.82) is 0 Å². The number of piperidine rings is 1. The zero-order chi connectivity index (χ0) is 10.7. The van der Waals surface area contributed by atoms with E-state index in [2.05, 4.69) is 35.8 Å². The van der Waals surface area contributed by atoms with Gasteiger partial charge in [-0.1, -0.05) is 0 Å². The van der Waals surface area contributed by atoms with Crippen LogP contribution in [-0.4, -0.2) is 47.6 Å². The van der Waals surface area contributed by atoms with E-state index in [-0.39, 0.29) is 0 Å². The normalized spacial score (nSPS) is 30.2. The first-order valence-electron chi connectivity index (χ1n) is 6.33. The molecule has 0 aromatic rings. The number of nitrogens with one attached hydrogen (secondary N) is 1. The van der Waals surface area contributed by atoms with E-state index in [1.165, 1.54) is 43.9 Å². The number of likely N-dealkylation sites (tertiary alicyclic amines) is 1. The molecule has 2 saturated heterocycles. The van der Waals surface area contributed by atoms with Crippen LogP contribution >= 0.6 is 11.8 Å². The van der Waals surface area contributed by atoms with Crippen LogP contribution in [0.5, 0.6) is 0 Å². The Morgan fingerprint density at radius 2 is 1.87 bits per heavy atom. The third-order valence-corrected chi connectivity index (χ3v) is 4.82. The van der Waals surface area contributed by atoms with Gasteiger partial charge in [0.25, 0.3) is 0 Å². The van der Waals surface area contributed by atoms with Crippen molar-refractivity contribution >= 4 is 11.8 Å². The first-order valence-corrected chi connectivity index (χ1v) is 7.49. The van der Waals surface area contributed by atoms with Gasteiger partial charge in [-0.05, 0) is 52.0 Å². The molecule has 0 spiro atoms. The molecule has 1 unspecified atom stereocenters. The lowest BCUT2D eigenvalue weighted by Crippen LogP contribution is -2.47. The molecule has 1 N–H and O–H groups in total. The van der Waals surface area contributed by atoms with Gasteiger partial charge in [0.15, 0.2) is 0 Å². The average molecular weight is 228 g/mol. The second-order valence-electron chi connectivity index (χ2n) is 5.13. The monoisotopic (exact) mass is 228 g/mol. The van der Waals surface area contributed by atoms with E-state index >= 15 is 0 Å². The highest BCUT2D eigenvalue weighted by Crippen LogP contribution is 2.20. The number of thioether (sulfide) groups is 1. The molecule has 2 aliphatic rings. The van der Waals surface area contributed by atoms with Crippen LogP contribution in [0.2, 0.25) is 0 Å². The van der Waals surface area contributed by atoms with Crippen molar-refractivity contribution < 1.29 is 0 Å². The van der Waals surface area contributed by atoms with Crippen molar-refractivity contribution in [3.8, 4) is 0 Å². The molecule has 15 heavy (non-hydrogen) atoms. The molecule has 2 rings (SSSR count). The Balaban J connectivity index is 1.68. The summed E-state index contributed by atoms with van der Waals surface area (Å²) in [6.45, 7) is 7.19. The summed E-state index contributed by atoms with van der Waals surface area (Å²) in [5, 5.41) is 3.83. The van der Waals surface area contributed by atoms with E-state index in [0.29, 0.717) is 0 Å². The fraction of sp³-hybridized carbons (Fsp3) is 1.00. The standard InChI is InChI=1S/C12H24N2S/c1-10(2)14-6-3-11(4-7-14)13-12-5-8-15-9-12/h10-13H,3-9H2,1-2H3. The molecule has 2 fully saturated rings. The van der Waals surface area contributed by atoms with Gasteiger partial charge in [-0.3, -0.25) is 0 Å². The minimum Gasteiger partial charge on any atom is -0.310 e. The van der Waals surface area contributed by atoms with Gasteiger partial charge in [0.1, 0.15) is 0 Å². The average Bonchev–Trinajstić information content (AvgIpc) is 2.71. The molecule has 0 bridgehead atoms. The fourth-order valence-corrected chi connectivity index (χ4v) is 3.75. The fourth-order valence-electron chi connectivity index (χ4n) is 2.58. The topological polar surface area (TPSA) is 15.3 Å². The molecule has 0 radical (unpaired) electrons. The van der Waals surface area contributed by atoms with Gasteiger partial charge in [-0.2, -0.15) is 11.8 Å². The maximum atomic E-state index is 3.83. The summed E-state index contributed by atoms with van der Waals surface area (Å²) in [6, 6.07) is 2.34. The molecular formula is C12H24N2S. The van der Waals surface area contributed by atoms with E-state index in [9.17, 15) is 0 Å². The van der Waals surface area contributed by atoms with E-state index in [0.717, 1.165) is 18.1 Å². The second-order valence-corrected chi connectivity index (χ2v) is 6.28.